The third-order valence-corrected chi connectivity index (χ3v) is 3.52. The molecular weight excluding hydrogens is 214 g/mol. The van der Waals surface area contributed by atoms with Gasteiger partial charge in [0.05, 0.1) is 12.7 Å². The number of nitrogens with one attached hydrogen (secondary N) is 1. The molecule has 3 nitrogen and oxygen atoms in total. The maximum atomic E-state index is 10.8. The summed E-state index contributed by atoms with van der Waals surface area (Å²) in [7, 11) is 1.66. The van der Waals surface area contributed by atoms with Crippen LogP contribution in [-0.4, -0.2) is 25.3 Å². The molecule has 1 aromatic carbocycles. The first kappa shape index (κ1) is 12.4. The molecule has 2 rings (SSSR count). The Morgan fingerprint density at radius 3 is 2.88 bits per heavy atom. The highest BCUT2D eigenvalue weighted by Gasteiger charge is 2.32. The maximum Gasteiger partial charge on any atom is 0.124 e. The predicted molar refractivity (Wildman–Crippen MR) is 68.3 cm³/mol. The van der Waals surface area contributed by atoms with Gasteiger partial charge in [0.1, 0.15) is 5.75 Å². The van der Waals surface area contributed by atoms with E-state index in [0.717, 1.165) is 49.2 Å². The van der Waals surface area contributed by atoms with E-state index in [9.17, 15) is 5.11 Å². The SMILES string of the molecule is COc1ccc(C)cc1C1(O)CCCNCC1. The Bertz CT molecular complexity index is 382. The van der Waals surface area contributed by atoms with Crippen LogP contribution in [0.15, 0.2) is 18.2 Å². The molecule has 0 spiro atoms. The summed E-state index contributed by atoms with van der Waals surface area (Å²) in [6, 6.07) is 6.01. The number of rotatable bonds is 2. The first-order chi connectivity index (χ1) is 8.15. The molecule has 0 bridgehead atoms. The second-order valence-electron chi connectivity index (χ2n) is 4.84. The van der Waals surface area contributed by atoms with Crippen molar-refractivity contribution < 1.29 is 9.84 Å². The molecule has 17 heavy (non-hydrogen) atoms. The Hall–Kier alpha value is -1.06. The molecule has 0 saturated carbocycles. The molecule has 3 heteroatoms. The molecule has 0 amide bonds. The lowest BCUT2D eigenvalue weighted by atomic mass is 9.85. The number of ether oxygens (including phenoxy) is 1. The Kier molecular flexibility index (Phi) is 3.69. The van der Waals surface area contributed by atoms with Crippen LogP contribution in [0.3, 0.4) is 0 Å². The highest BCUT2D eigenvalue weighted by Crippen LogP contribution is 2.37. The molecule has 94 valence electrons. The van der Waals surface area contributed by atoms with Crippen LogP contribution < -0.4 is 10.1 Å². The summed E-state index contributed by atoms with van der Waals surface area (Å²) in [5.41, 5.74) is 1.34. The van der Waals surface area contributed by atoms with Crippen molar-refractivity contribution in [2.24, 2.45) is 0 Å². The van der Waals surface area contributed by atoms with E-state index in [-0.39, 0.29) is 0 Å². The van der Waals surface area contributed by atoms with Gasteiger partial charge in [-0.1, -0.05) is 11.6 Å². The Morgan fingerprint density at radius 2 is 2.12 bits per heavy atom. The van der Waals surface area contributed by atoms with Crippen LogP contribution in [0.5, 0.6) is 5.75 Å². The molecule has 0 aromatic heterocycles. The zero-order valence-corrected chi connectivity index (χ0v) is 10.6. The van der Waals surface area contributed by atoms with Gasteiger partial charge in [0.2, 0.25) is 0 Å². The highest BCUT2D eigenvalue weighted by molar-refractivity contribution is 5.41. The summed E-state index contributed by atoms with van der Waals surface area (Å²) in [5, 5.41) is 14.2. The lowest BCUT2D eigenvalue weighted by molar-refractivity contribution is 0.0217. The van der Waals surface area contributed by atoms with E-state index in [1.165, 1.54) is 0 Å². The smallest absolute Gasteiger partial charge is 0.124 e. The lowest BCUT2D eigenvalue weighted by Gasteiger charge is -2.28. The van der Waals surface area contributed by atoms with Crippen LogP contribution in [0.2, 0.25) is 0 Å². The molecule has 1 fully saturated rings. The standard InChI is InChI=1S/C14H21NO2/c1-11-4-5-13(17-2)12(10-11)14(16)6-3-8-15-9-7-14/h4-5,10,15-16H,3,6-9H2,1-2H3. The van der Waals surface area contributed by atoms with Gasteiger partial charge in [0, 0.05) is 5.56 Å². The molecule has 2 N–H and O–H groups in total. The summed E-state index contributed by atoms with van der Waals surface area (Å²) in [6.07, 6.45) is 2.53. The van der Waals surface area contributed by atoms with Gasteiger partial charge >= 0.3 is 0 Å². The van der Waals surface area contributed by atoms with Crippen molar-refractivity contribution in [3.63, 3.8) is 0 Å². The van der Waals surface area contributed by atoms with Gasteiger partial charge in [-0.3, -0.25) is 0 Å². The van der Waals surface area contributed by atoms with Gasteiger partial charge in [-0.25, -0.2) is 0 Å². The molecule has 0 radical (unpaired) electrons. The van der Waals surface area contributed by atoms with E-state index in [2.05, 4.69) is 5.32 Å². The van der Waals surface area contributed by atoms with E-state index < -0.39 is 5.60 Å². The van der Waals surface area contributed by atoms with Crippen LogP contribution in [0.1, 0.15) is 30.4 Å². The molecule has 1 aliphatic rings. The topological polar surface area (TPSA) is 41.5 Å². The van der Waals surface area contributed by atoms with Crippen molar-refractivity contribution in [1.82, 2.24) is 5.32 Å². The van der Waals surface area contributed by atoms with Crippen LogP contribution in [0.4, 0.5) is 0 Å². The number of aliphatic hydroxyl groups is 1. The number of benzene rings is 1. The van der Waals surface area contributed by atoms with Crippen molar-refractivity contribution in [3.8, 4) is 5.75 Å². The van der Waals surface area contributed by atoms with Crippen molar-refractivity contribution in [1.29, 1.82) is 0 Å². The zero-order valence-electron chi connectivity index (χ0n) is 10.6. The minimum Gasteiger partial charge on any atom is -0.496 e. The quantitative estimate of drug-likeness (QED) is 0.823. The second kappa shape index (κ2) is 5.07. The normalized spacial score (nSPS) is 25.4. The van der Waals surface area contributed by atoms with E-state index in [0.29, 0.717) is 0 Å². The number of aryl methyl sites for hydroxylation is 1. The average Bonchev–Trinajstić information content (AvgIpc) is 2.55. The van der Waals surface area contributed by atoms with E-state index in [1.54, 1.807) is 7.11 Å². The summed E-state index contributed by atoms with van der Waals surface area (Å²) < 4.78 is 5.38. The Balaban J connectivity index is 2.38. The molecule has 1 saturated heterocycles. The highest BCUT2D eigenvalue weighted by atomic mass is 16.5. The summed E-state index contributed by atoms with van der Waals surface area (Å²) >= 11 is 0. The first-order valence-corrected chi connectivity index (χ1v) is 6.24. The fourth-order valence-electron chi connectivity index (χ4n) is 2.51. The lowest BCUT2D eigenvalue weighted by Crippen LogP contribution is -2.27. The summed E-state index contributed by atoms with van der Waals surface area (Å²) in [4.78, 5) is 0. The molecule has 1 aliphatic heterocycles. The van der Waals surface area contributed by atoms with Crippen LogP contribution >= 0.6 is 0 Å². The fourth-order valence-corrected chi connectivity index (χ4v) is 2.51. The zero-order chi connectivity index (χ0) is 12.3. The molecule has 1 heterocycles. The molecule has 1 atom stereocenters. The van der Waals surface area contributed by atoms with Crippen LogP contribution in [0, 0.1) is 6.92 Å². The van der Waals surface area contributed by atoms with Gasteiger partial charge in [-0.15, -0.1) is 0 Å². The van der Waals surface area contributed by atoms with Gasteiger partial charge < -0.3 is 15.2 Å². The molecule has 1 unspecified atom stereocenters. The monoisotopic (exact) mass is 235 g/mol. The van der Waals surface area contributed by atoms with Crippen molar-refractivity contribution >= 4 is 0 Å². The van der Waals surface area contributed by atoms with Crippen LogP contribution in [0.25, 0.3) is 0 Å². The second-order valence-corrected chi connectivity index (χ2v) is 4.84. The van der Waals surface area contributed by atoms with E-state index in [4.69, 9.17) is 4.74 Å². The summed E-state index contributed by atoms with van der Waals surface area (Å²) in [6.45, 7) is 3.88. The van der Waals surface area contributed by atoms with Gasteiger partial charge in [0.25, 0.3) is 0 Å². The third-order valence-electron chi connectivity index (χ3n) is 3.52. The minimum atomic E-state index is -0.749. The van der Waals surface area contributed by atoms with Gasteiger partial charge in [-0.05, 0) is 51.4 Å². The van der Waals surface area contributed by atoms with Crippen molar-refractivity contribution in [2.45, 2.75) is 31.8 Å². The van der Waals surface area contributed by atoms with Crippen molar-refractivity contribution in [3.05, 3.63) is 29.3 Å². The fraction of sp³-hybridized carbons (Fsp3) is 0.571. The Morgan fingerprint density at radius 1 is 1.29 bits per heavy atom. The number of methoxy groups -OCH3 is 1. The average molecular weight is 235 g/mol. The van der Waals surface area contributed by atoms with Crippen LogP contribution in [-0.2, 0) is 5.60 Å². The van der Waals surface area contributed by atoms with E-state index in [1.807, 2.05) is 25.1 Å². The number of hydrogen-bond donors (Lipinski definition) is 2. The Labute approximate surface area is 103 Å². The van der Waals surface area contributed by atoms with Crippen molar-refractivity contribution in [2.75, 3.05) is 20.2 Å². The maximum absolute atomic E-state index is 10.8. The first-order valence-electron chi connectivity index (χ1n) is 6.24. The summed E-state index contributed by atoms with van der Waals surface area (Å²) in [5.74, 6) is 0.792. The molecule has 1 aromatic rings. The predicted octanol–water partition coefficient (Wildman–Crippen LogP) is 1.96. The van der Waals surface area contributed by atoms with Gasteiger partial charge in [-0.2, -0.15) is 0 Å². The van der Waals surface area contributed by atoms with E-state index >= 15 is 0 Å². The molecular formula is C14H21NO2. The minimum absolute atomic E-state index is 0.743. The van der Waals surface area contributed by atoms with Gasteiger partial charge in [0.15, 0.2) is 0 Å². The third kappa shape index (κ3) is 2.61. The largest absolute Gasteiger partial charge is 0.496 e. The molecule has 0 aliphatic carbocycles. The number of hydrogen-bond acceptors (Lipinski definition) is 3.